The van der Waals surface area contributed by atoms with Crippen molar-refractivity contribution >= 4 is 11.9 Å². The van der Waals surface area contributed by atoms with Gasteiger partial charge in [-0.25, -0.2) is 4.79 Å². The Bertz CT molecular complexity index is 2140. The lowest BCUT2D eigenvalue weighted by atomic mass is 9.80. The number of hydrogen-bond acceptors (Lipinski definition) is 19. The van der Waals surface area contributed by atoms with Crippen LogP contribution in [0.2, 0.25) is 0 Å². The molecule has 4 fully saturated rings. The van der Waals surface area contributed by atoms with Crippen molar-refractivity contribution < 1.29 is 93.1 Å². The van der Waals surface area contributed by atoms with Crippen LogP contribution < -0.4 is 0 Å². The summed E-state index contributed by atoms with van der Waals surface area (Å²) in [5.74, 6) is -6.71. The Morgan fingerprint density at radius 3 is 1.71 bits per heavy atom. The first kappa shape index (κ1) is 72.3. The summed E-state index contributed by atoms with van der Waals surface area (Å²) in [7, 11) is 1.49. The van der Waals surface area contributed by atoms with E-state index in [1.165, 1.54) is 20.1 Å². The predicted octanol–water partition coefficient (Wildman–Crippen LogP) is 7.34. The second-order valence-electron chi connectivity index (χ2n) is 23.7. The predicted molar refractivity (Wildman–Crippen MR) is 313 cm³/mol. The van der Waals surface area contributed by atoms with Crippen molar-refractivity contribution in [3.63, 3.8) is 0 Å². The van der Waals surface area contributed by atoms with Crippen molar-refractivity contribution in [2.24, 2.45) is 35.5 Å². The van der Waals surface area contributed by atoms with Gasteiger partial charge in [-0.1, -0.05) is 111 Å². The molecular weight excluding hydrogens is 1070 g/mol. The molecule has 19 nitrogen and oxygen atoms in total. The Morgan fingerprint density at radius 1 is 0.663 bits per heavy atom. The Balaban J connectivity index is 1.54. The fourth-order valence-corrected chi connectivity index (χ4v) is 12.4. The fourth-order valence-electron chi connectivity index (χ4n) is 12.4. The maximum Gasteiger partial charge on any atom is 0.331 e. The lowest BCUT2D eigenvalue weighted by Crippen LogP contribution is -2.60. The van der Waals surface area contributed by atoms with Gasteiger partial charge in [0.1, 0.15) is 36.6 Å². The number of aliphatic hydroxyl groups is 8. The minimum Gasteiger partial charge on any atom is -0.462 e. The van der Waals surface area contributed by atoms with Gasteiger partial charge in [-0.3, -0.25) is 4.79 Å². The Hall–Kier alpha value is -3.22. The van der Waals surface area contributed by atoms with Crippen LogP contribution in [0, 0.1) is 35.5 Å². The van der Waals surface area contributed by atoms with E-state index in [0.717, 1.165) is 17.6 Å². The van der Waals surface area contributed by atoms with Gasteiger partial charge in [0, 0.05) is 87.7 Å². The minimum absolute atomic E-state index is 0.00538. The minimum atomic E-state index is -1.81. The molecule has 0 aromatic rings. The van der Waals surface area contributed by atoms with Crippen molar-refractivity contribution in [3.05, 3.63) is 72.4 Å². The molecule has 25 atom stereocenters. The maximum absolute atomic E-state index is 14.0. The lowest BCUT2D eigenvalue weighted by Gasteiger charge is -2.49. The molecule has 0 aromatic heterocycles. The van der Waals surface area contributed by atoms with Gasteiger partial charge in [0.25, 0.3) is 0 Å². The van der Waals surface area contributed by atoms with E-state index in [9.17, 15) is 50.4 Å². The molecule has 0 spiro atoms. The van der Waals surface area contributed by atoms with Gasteiger partial charge in [0.2, 0.25) is 0 Å². The van der Waals surface area contributed by atoms with Crippen molar-refractivity contribution in [2.75, 3.05) is 7.11 Å². The largest absolute Gasteiger partial charge is 0.462 e. The number of allylic oxidation sites excluding steroid dienone is 8. The van der Waals surface area contributed by atoms with E-state index in [0.29, 0.717) is 32.1 Å². The third-order valence-corrected chi connectivity index (χ3v) is 17.9. The van der Waals surface area contributed by atoms with Gasteiger partial charge in [-0.05, 0) is 77.4 Å². The molecule has 8 N–H and O–H groups in total. The van der Waals surface area contributed by atoms with E-state index in [1.807, 2.05) is 98.8 Å². The number of carbonyl (C=O) groups excluding carboxylic acids is 2. The number of aliphatic hydroxyl groups excluding tert-OH is 7. The van der Waals surface area contributed by atoms with E-state index in [-0.39, 0.29) is 55.8 Å². The van der Waals surface area contributed by atoms with Gasteiger partial charge in [-0.2, -0.15) is 0 Å². The van der Waals surface area contributed by atoms with Crippen LogP contribution in [0.3, 0.4) is 0 Å². The summed E-state index contributed by atoms with van der Waals surface area (Å²) in [6.45, 7) is 27.7. The van der Waals surface area contributed by atoms with Crippen LogP contribution in [0.25, 0.3) is 0 Å². The first-order valence-electron chi connectivity index (χ1n) is 30.6. The summed E-state index contributed by atoms with van der Waals surface area (Å²) in [5, 5.41) is 88.5. The molecule has 0 radical (unpaired) electrons. The average molecular weight is 1180 g/mol. The molecule has 0 bridgehead atoms. The summed E-state index contributed by atoms with van der Waals surface area (Å²) in [4.78, 5) is 26.6. The van der Waals surface area contributed by atoms with Crippen LogP contribution >= 0.6 is 0 Å². The smallest absolute Gasteiger partial charge is 0.331 e. The standard InChI is InChI=1S/C64H106O19/c1-16-43(17-2)25-23-27-46(20-5)61(37(9)51(68)33-64(75-15)35-53(48(22-7)39(11)83-64)80-62-59(73)58(72)57(71)41(13)77-62)81-54(69)30-29-44(18-3)26-24-28-45(19-4)60(78-42(14)65)36(8)50(67)32-63(74)34-52(47(21-6)38(10)82-63)79-55-31-49(66)56(70)40(12)76-55/h16,23-30,36-41,45-53,55-62,66-68,70-74H,1,17-22,31-35H2,2-15H3/b27-23+,28-24+,30-29+,43-25-,44-26+. The Kier molecular flexibility index (Phi) is 29.4. The van der Waals surface area contributed by atoms with Crippen molar-refractivity contribution in [1.82, 2.24) is 0 Å². The Morgan fingerprint density at radius 2 is 1.19 bits per heavy atom. The SMILES string of the molecule is C=C/C(=C/C=C/C(CC)C(OC(=O)/C=C/C(=C/C=C/C(CC)C(OC(C)=O)C(C)C(O)CC1(O)CC(OC2CC(O)C(O)C(C)O2)C(CC)C(C)O1)CC)C(C)C(O)CC1(OC)CC(OC2OC(C)C(O)C(O)C2O)C(CC)C(C)O1)CC. The molecule has 0 aromatic carbocycles. The molecule has 0 aliphatic carbocycles. The van der Waals surface area contributed by atoms with Gasteiger partial charge < -0.3 is 83.5 Å². The summed E-state index contributed by atoms with van der Waals surface area (Å²) < 4.78 is 55.6. The zero-order valence-electron chi connectivity index (χ0n) is 52.0. The highest BCUT2D eigenvalue weighted by Gasteiger charge is 2.52. The lowest BCUT2D eigenvalue weighted by molar-refractivity contribution is -0.351. The molecule has 83 heavy (non-hydrogen) atoms. The van der Waals surface area contributed by atoms with Gasteiger partial charge in [-0.15, -0.1) is 0 Å². The zero-order valence-corrected chi connectivity index (χ0v) is 52.0. The highest BCUT2D eigenvalue weighted by molar-refractivity contribution is 5.82. The molecule has 0 saturated carbocycles. The highest BCUT2D eigenvalue weighted by atomic mass is 16.7. The van der Waals surface area contributed by atoms with E-state index >= 15 is 0 Å². The maximum atomic E-state index is 14.0. The second kappa shape index (κ2) is 33.8. The van der Waals surface area contributed by atoms with Crippen LogP contribution in [0.5, 0.6) is 0 Å². The second-order valence-corrected chi connectivity index (χ2v) is 23.7. The van der Waals surface area contributed by atoms with Crippen molar-refractivity contribution in [1.29, 1.82) is 0 Å². The first-order valence-corrected chi connectivity index (χ1v) is 30.6. The summed E-state index contributed by atoms with van der Waals surface area (Å²) in [6.07, 6.45) is 3.92. The molecular formula is C64H106O19. The fraction of sp³-hybridized carbons (Fsp3) is 0.781. The number of methoxy groups -OCH3 is 1. The van der Waals surface area contributed by atoms with E-state index in [4.69, 9.17) is 42.6 Å². The topological polar surface area (TPSA) is 279 Å². The molecule has 476 valence electrons. The van der Waals surface area contributed by atoms with Crippen molar-refractivity contribution in [2.45, 2.75) is 276 Å². The zero-order chi connectivity index (χ0) is 62.1. The third-order valence-electron chi connectivity index (χ3n) is 17.9. The van der Waals surface area contributed by atoms with Crippen LogP contribution in [0.15, 0.2) is 72.4 Å². The quantitative estimate of drug-likeness (QED) is 0.0198. The van der Waals surface area contributed by atoms with Crippen LogP contribution in [-0.2, 0) is 52.2 Å². The molecule has 4 heterocycles. The summed E-state index contributed by atoms with van der Waals surface area (Å²) >= 11 is 0. The molecule has 4 saturated heterocycles. The number of carbonyl (C=O) groups is 2. The van der Waals surface area contributed by atoms with Crippen LogP contribution in [0.4, 0.5) is 0 Å². The average Bonchev–Trinajstić information content (AvgIpc) is 3.18. The normalized spacial score (nSPS) is 37.0. The van der Waals surface area contributed by atoms with Gasteiger partial charge >= 0.3 is 11.9 Å². The molecule has 4 rings (SSSR count). The van der Waals surface area contributed by atoms with Gasteiger partial charge in [0.05, 0.1) is 54.9 Å². The number of ether oxygens (including phenoxy) is 9. The van der Waals surface area contributed by atoms with E-state index < -0.39 is 139 Å². The summed E-state index contributed by atoms with van der Waals surface area (Å²) in [6, 6.07) is 0. The number of esters is 2. The Labute approximate surface area is 494 Å². The number of hydrogen-bond donors (Lipinski definition) is 8. The third kappa shape index (κ3) is 19.9. The molecule has 19 heteroatoms. The van der Waals surface area contributed by atoms with Gasteiger partial charge in [0.15, 0.2) is 24.2 Å². The van der Waals surface area contributed by atoms with Crippen LogP contribution in [-0.4, -0.2) is 176 Å². The molecule has 0 amide bonds. The van der Waals surface area contributed by atoms with E-state index in [1.54, 1.807) is 32.9 Å². The van der Waals surface area contributed by atoms with Crippen LogP contribution in [0.1, 0.15) is 161 Å². The monoisotopic (exact) mass is 1180 g/mol. The van der Waals surface area contributed by atoms with E-state index in [2.05, 4.69) is 6.58 Å². The highest BCUT2D eigenvalue weighted by Crippen LogP contribution is 2.44. The van der Waals surface area contributed by atoms with Crippen molar-refractivity contribution in [3.8, 4) is 0 Å². The summed E-state index contributed by atoms with van der Waals surface area (Å²) in [5.41, 5.74) is 1.79. The molecule has 4 aliphatic heterocycles. The molecule has 25 unspecified atom stereocenters. The number of rotatable bonds is 30. The molecule has 4 aliphatic rings. The first-order chi connectivity index (χ1) is 39.2.